The predicted octanol–water partition coefficient (Wildman–Crippen LogP) is 5.69. The zero-order valence-corrected chi connectivity index (χ0v) is 16.5. The highest BCUT2D eigenvalue weighted by Crippen LogP contribution is 2.23. The lowest BCUT2D eigenvalue weighted by Gasteiger charge is -2.09. The maximum Gasteiger partial charge on any atom is 0.331 e. The Balaban J connectivity index is 2.17. The highest BCUT2D eigenvalue weighted by atomic mass is 16.4. The van der Waals surface area contributed by atoms with Crippen LogP contribution in [0.25, 0.3) is 0 Å². The van der Waals surface area contributed by atoms with Gasteiger partial charge >= 0.3 is 5.97 Å². The minimum Gasteiger partial charge on any atom is -0.478 e. The summed E-state index contributed by atoms with van der Waals surface area (Å²) in [5.41, 5.74) is 0.394. The molecule has 0 spiro atoms. The van der Waals surface area contributed by atoms with E-state index in [0.717, 1.165) is 12.8 Å². The molecule has 1 unspecified atom stereocenters. The predicted molar refractivity (Wildman–Crippen MR) is 107 cm³/mol. The van der Waals surface area contributed by atoms with Crippen LogP contribution in [0, 0.1) is 5.92 Å². The second kappa shape index (κ2) is 13.6. The largest absolute Gasteiger partial charge is 0.478 e. The normalized spacial score (nSPS) is 17.7. The van der Waals surface area contributed by atoms with Crippen LogP contribution in [-0.4, -0.2) is 28.4 Å². The van der Waals surface area contributed by atoms with Crippen molar-refractivity contribution in [3.05, 3.63) is 24.4 Å². The molecule has 0 radical (unpaired) electrons. The molecule has 1 fully saturated rings. The monoisotopic (exact) mass is 363 g/mol. The van der Waals surface area contributed by atoms with Gasteiger partial charge in [0.05, 0.1) is 5.92 Å². The molecule has 1 heterocycles. The van der Waals surface area contributed by atoms with Gasteiger partial charge < -0.3 is 10.0 Å². The Kier molecular flexibility index (Phi) is 11.7. The van der Waals surface area contributed by atoms with Crippen molar-refractivity contribution in [2.75, 3.05) is 6.54 Å². The molecule has 1 N–H and O–H groups in total. The van der Waals surface area contributed by atoms with E-state index in [1.165, 1.54) is 64.0 Å². The van der Waals surface area contributed by atoms with Gasteiger partial charge in [-0.25, -0.2) is 4.79 Å². The van der Waals surface area contributed by atoms with E-state index in [1.807, 2.05) is 0 Å². The first-order chi connectivity index (χ1) is 12.6. The molecule has 0 aromatic rings. The van der Waals surface area contributed by atoms with Crippen molar-refractivity contribution in [3.63, 3.8) is 0 Å². The van der Waals surface area contributed by atoms with Crippen LogP contribution in [0.3, 0.4) is 0 Å². The van der Waals surface area contributed by atoms with Crippen LogP contribution in [-0.2, 0) is 9.59 Å². The van der Waals surface area contributed by atoms with Crippen LogP contribution in [0.15, 0.2) is 24.4 Å². The van der Waals surface area contributed by atoms with Crippen LogP contribution in [0.2, 0.25) is 0 Å². The zero-order valence-electron chi connectivity index (χ0n) is 16.5. The van der Waals surface area contributed by atoms with Gasteiger partial charge in [0.2, 0.25) is 5.91 Å². The quantitative estimate of drug-likeness (QED) is 0.300. The highest BCUT2D eigenvalue weighted by Gasteiger charge is 2.29. The van der Waals surface area contributed by atoms with E-state index in [-0.39, 0.29) is 11.8 Å². The highest BCUT2D eigenvalue weighted by molar-refractivity contribution is 5.89. The minimum absolute atomic E-state index is 0.0299. The second-order valence-corrected chi connectivity index (χ2v) is 7.39. The van der Waals surface area contributed by atoms with Crippen molar-refractivity contribution >= 4 is 11.9 Å². The molecular weight excluding hydrogens is 326 g/mol. The maximum atomic E-state index is 12.1. The van der Waals surface area contributed by atoms with Gasteiger partial charge in [0, 0.05) is 12.1 Å². The topological polar surface area (TPSA) is 57.6 Å². The number of carbonyl (C=O) groups is 2. The molecule has 1 atom stereocenters. The number of nitrogens with zero attached hydrogens (tertiary/aromatic N) is 1. The molecule has 1 rings (SSSR count). The van der Waals surface area contributed by atoms with E-state index in [1.54, 1.807) is 11.0 Å². The Morgan fingerprint density at radius 1 is 1.08 bits per heavy atom. The average Bonchev–Trinajstić information content (AvgIpc) is 2.98. The molecule has 0 aliphatic carbocycles. The standard InChI is InChI=1S/C22H37NO3/c1-3-5-6-7-8-9-10-11-12-13-14-15-20(22(25)26)18-19-16-17-23(4-2)21(19)24/h4,18-19H,2-3,5-17H2,1H3,(H,25,26). The lowest BCUT2D eigenvalue weighted by Crippen LogP contribution is -2.21. The summed E-state index contributed by atoms with van der Waals surface area (Å²) < 4.78 is 0. The van der Waals surface area contributed by atoms with E-state index < -0.39 is 5.97 Å². The average molecular weight is 364 g/mol. The van der Waals surface area contributed by atoms with Gasteiger partial charge in [-0.1, -0.05) is 83.8 Å². The number of amides is 1. The molecule has 0 aromatic carbocycles. The van der Waals surface area contributed by atoms with Gasteiger partial charge in [-0.15, -0.1) is 0 Å². The molecule has 1 aliphatic rings. The van der Waals surface area contributed by atoms with Gasteiger partial charge in [0.15, 0.2) is 0 Å². The first kappa shape index (κ1) is 22.5. The van der Waals surface area contributed by atoms with Crippen molar-refractivity contribution in [2.45, 2.75) is 90.4 Å². The molecular formula is C22H37NO3. The molecule has 4 nitrogen and oxygen atoms in total. The third-order valence-corrected chi connectivity index (χ3v) is 5.23. The number of hydrogen-bond acceptors (Lipinski definition) is 2. The number of carboxylic acid groups (broad SMARTS) is 1. The smallest absolute Gasteiger partial charge is 0.331 e. The van der Waals surface area contributed by atoms with Gasteiger partial charge in [0.25, 0.3) is 0 Å². The second-order valence-electron chi connectivity index (χ2n) is 7.39. The minimum atomic E-state index is -0.887. The Morgan fingerprint density at radius 2 is 1.62 bits per heavy atom. The Hall–Kier alpha value is -1.58. The van der Waals surface area contributed by atoms with E-state index in [0.29, 0.717) is 25.0 Å². The summed E-state index contributed by atoms with van der Waals surface area (Å²) in [4.78, 5) is 25.1. The summed E-state index contributed by atoms with van der Waals surface area (Å²) in [5, 5.41) is 9.39. The summed E-state index contributed by atoms with van der Waals surface area (Å²) in [6, 6.07) is 0. The van der Waals surface area contributed by atoms with Crippen LogP contribution in [0.4, 0.5) is 0 Å². The number of hydrogen-bond donors (Lipinski definition) is 1. The third-order valence-electron chi connectivity index (χ3n) is 5.23. The number of carboxylic acids is 1. The fourth-order valence-electron chi connectivity index (χ4n) is 3.54. The molecule has 1 saturated heterocycles. The summed E-state index contributed by atoms with van der Waals surface area (Å²) in [5.74, 6) is -1.22. The Morgan fingerprint density at radius 3 is 2.08 bits per heavy atom. The molecule has 1 aliphatic heterocycles. The van der Waals surface area contributed by atoms with E-state index >= 15 is 0 Å². The zero-order chi connectivity index (χ0) is 19.2. The molecule has 4 heteroatoms. The first-order valence-electron chi connectivity index (χ1n) is 10.5. The van der Waals surface area contributed by atoms with Crippen LogP contribution < -0.4 is 0 Å². The fraction of sp³-hybridized carbons (Fsp3) is 0.727. The SMILES string of the molecule is C=CN1CCC(C=C(CCCCCCCCCCCCC)C(=O)O)C1=O. The van der Waals surface area contributed by atoms with Gasteiger partial charge in [-0.3, -0.25) is 4.79 Å². The van der Waals surface area contributed by atoms with Gasteiger partial charge in [-0.2, -0.15) is 0 Å². The number of likely N-dealkylation sites (tertiary alicyclic amines) is 1. The first-order valence-corrected chi connectivity index (χ1v) is 10.5. The van der Waals surface area contributed by atoms with Crippen LogP contribution in [0.1, 0.15) is 90.4 Å². The number of aliphatic carboxylic acids is 1. The van der Waals surface area contributed by atoms with E-state index in [4.69, 9.17) is 0 Å². The van der Waals surface area contributed by atoms with Crippen molar-refractivity contribution in [1.29, 1.82) is 0 Å². The fourth-order valence-corrected chi connectivity index (χ4v) is 3.54. The number of unbranched alkanes of at least 4 members (excludes halogenated alkanes) is 10. The molecule has 1 amide bonds. The number of carbonyl (C=O) groups excluding carboxylic acids is 1. The van der Waals surface area contributed by atoms with E-state index in [2.05, 4.69) is 13.5 Å². The molecule has 148 valence electrons. The summed E-state index contributed by atoms with van der Waals surface area (Å²) in [7, 11) is 0. The van der Waals surface area contributed by atoms with Crippen molar-refractivity contribution in [3.8, 4) is 0 Å². The Labute approximate surface area is 159 Å². The molecule has 0 aromatic heterocycles. The van der Waals surface area contributed by atoms with Crippen LogP contribution >= 0.6 is 0 Å². The lowest BCUT2D eigenvalue weighted by atomic mass is 9.99. The molecule has 0 saturated carbocycles. The van der Waals surface area contributed by atoms with Gasteiger partial charge in [0.1, 0.15) is 0 Å². The van der Waals surface area contributed by atoms with Crippen LogP contribution in [0.5, 0.6) is 0 Å². The molecule has 26 heavy (non-hydrogen) atoms. The maximum absolute atomic E-state index is 12.1. The van der Waals surface area contributed by atoms with Crippen molar-refractivity contribution in [2.24, 2.45) is 5.92 Å². The van der Waals surface area contributed by atoms with Gasteiger partial charge in [-0.05, 0) is 25.5 Å². The molecule has 0 bridgehead atoms. The van der Waals surface area contributed by atoms with Crippen molar-refractivity contribution < 1.29 is 14.7 Å². The third kappa shape index (κ3) is 8.68. The lowest BCUT2D eigenvalue weighted by molar-refractivity contribution is -0.132. The number of rotatable bonds is 15. The Bertz CT molecular complexity index is 470. The van der Waals surface area contributed by atoms with Crippen molar-refractivity contribution in [1.82, 2.24) is 4.90 Å². The summed E-state index contributed by atoms with van der Waals surface area (Å²) in [6.07, 6.45) is 18.2. The summed E-state index contributed by atoms with van der Waals surface area (Å²) in [6.45, 7) is 6.50. The summed E-state index contributed by atoms with van der Waals surface area (Å²) >= 11 is 0. The van der Waals surface area contributed by atoms with E-state index in [9.17, 15) is 14.7 Å².